The summed E-state index contributed by atoms with van der Waals surface area (Å²) in [6.45, 7) is 5.64. The second-order valence-electron chi connectivity index (χ2n) is 7.80. The van der Waals surface area contributed by atoms with E-state index in [1.807, 2.05) is 77.6 Å². The van der Waals surface area contributed by atoms with Crippen LogP contribution in [0.25, 0.3) is 23.0 Å². The van der Waals surface area contributed by atoms with Gasteiger partial charge in [0.1, 0.15) is 0 Å². The molecule has 1 amide bonds. The minimum absolute atomic E-state index is 0.0357. The van der Waals surface area contributed by atoms with Crippen molar-refractivity contribution < 1.29 is 9.69 Å². The molecule has 1 aliphatic heterocycles. The number of piperidine rings is 1. The quantitative estimate of drug-likeness (QED) is 0.624. The van der Waals surface area contributed by atoms with Crippen LogP contribution in [0.4, 0.5) is 0 Å². The number of amides is 1. The summed E-state index contributed by atoms with van der Waals surface area (Å²) in [5.74, 6) is -0.0357. The predicted octanol–water partition coefficient (Wildman–Crippen LogP) is 2.74. The standard InChI is InChI=1S/C25H28N4O/c1-2-28-17-15-22(16-18-28)26-24(30)14-13-21-19-29(23-11-7-4-8-12-23)27-25(21)20-9-5-3-6-10-20/h3-14,19,22H,2,15-18H2,1H3,(H,26,30)/p+1/b14-13+. The van der Waals surface area contributed by atoms with Gasteiger partial charge in [0.25, 0.3) is 0 Å². The van der Waals surface area contributed by atoms with Crippen molar-refractivity contribution in [2.75, 3.05) is 19.6 Å². The number of hydrogen-bond donors (Lipinski definition) is 2. The lowest BCUT2D eigenvalue weighted by Crippen LogP contribution is -3.13. The van der Waals surface area contributed by atoms with Crippen LogP contribution in [0.2, 0.25) is 0 Å². The van der Waals surface area contributed by atoms with E-state index in [9.17, 15) is 4.79 Å². The molecule has 1 fully saturated rings. The van der Waals surface area contributed by atoms with Crippen molar-refractivity contribution in [3.63, 3.8) is 0 Å². The highest BCUT2D eigenvalue weighted by molar-refractivity contribution is 5.93. The molecular weight excluding hydrogens is 372 g/mol. The first-order chi connectivity index (χ1) is 14.7. The van der Waals surface area contributed by atoms with E-state index in [1.165, 1.54) is 0 Å². The van der Waals surface area contributed by atoms with Crippen LogP contribution in [-0.4, -0.2) is 41.4 Å². The third-order valence-electron chi connectivity index (χ3n) is 5.76. The number of likely N-dealkylation sites (tertiary alicyclic amines) is 1. The number of benzene rings is 2. The van der Waals surface area contributed by atoms with Crippen molar-refractivity contribution in [1.29, 1.82) is 0 Å². The van der Waals surface area contributed by atoms with E-state index >= 15 is 0 Å². The fourth-order valence-electron chi connectivity index (χ4n) is 3.98. The summed E-state index contributed by atoms with van der Waals surface area (Å²) in [5.41, 5.74) is 3.81. The molecule has 30 heavy (non-hydrogen) atoms. The molecule has 3 aromatic rings. The van der Waals surface area contributed by atoms with Gasteiger partial charge < -0.3 is 10.2 Å². The molecule has 2 N–H and O–H groups in total. The Bertz CT molecular complexity index is 987. The number of hydrogen-bond acceptors (Lipinski definition) is 2. The Hall–Kier alpha value is -3.18. The molecule has 0 aliphatic carbocycles. The summed E-state index contributed by atoms with van der Waals surface area (Å²) < 4.78 is 1.86. The van der Waals surface area contributed by atoms with Gasteiger partial charge in [0.15, 0.2) is 0 Å². The summed E-state index contributed by atoms with van der Waals surface area (Å²) >= 11 is 0. The number of nitrogens with one attached hydrogen (secondary N) is 2. The normalized spacial score (nSPS) is 19.1. The van der Waals surface area contributed by atoms with Crippen molar-refractivity contribution in [3.05, 3.63) is 78.5 Å². The third-order valence-corrected chi connectivity index (χ3v) is 5.76. The van der Waals surface area contributed by atoms with Gasteiger partial charge in [-0.3, -0.25) is 4.79 Å². The Morgan fingerprint density at radius 2 is 1.77 bits per heavy atom. The van der Waals surface area contributed by atoms with E-state index in [1.54, 1.807) is 11.0 Å². The molecule has 2 heterocycles. The van der Waals surface area contributed by atoms with Crippen LogP contribution in [0, 0.1) is 0 Å². The van der Waals surface area contributed by atoms with Gasteiger partial charge in [-0.2, -0.15) is 5.10 Å². The molecule has 0 atom stereocenters. The predicted molar refractivity (Wildman–Crippen MR) is 120 cm³/mol. The van der Waals surface area contributed by atoms with E-state index in [-0.39, 0.29) is 11.9 Å². The van der Waals surface area contributed by atoms with Crippen molar-refractivity contribution in [1.82, 2.24) is 15.1 Å². The van der Waals surface area contributed by atoms with Gasteiger partial charge in [-0.25, -0.2) is 4.68 Å². The van der Waals surface area contributed by atoms with Crippen LogP contribution in [-0.2, 0) is 4.79 Å². The summed E-state index contributed by atoms with van der Waals surface area (Å²) in [7, 11) is 0. The molecule has 2 aromatic carbocycles. The van der Waals surface area contributed by atoms with Crippen LogP contribution >= 0.6 is 0 Å². The van der Waals surface area contributed by atoms with Gasteiger partial charge in [-0.15, -0.1) is 0 Å². The van der Waals surface area contributed by atoms with Gasteiger partial charge in [0.2, 0.25) is 5.91 Å². The molecule has 0 saturated carbocycles. The minimum atomic E-state index is -0.0357. The molecule has 1 aromatic heterocycles. The molecule has 1 aliphatic rings. The van der Waals surface area contributed by atoms with E-state index in [4.69, 9.17) is 5.10 Å². The first-order valence-corrected chi connectivity index (χ1v) is 10.8. The van der Waals surface area contributed by atoms with Crippen molar-refractivity contribution in [3.8, 4) is 16.9 Å². The highest BCUT2D eigenvalue weighted by atomic mass is 16.1. The van der Waals surface area contributed by atoms with E-state index in [0.717, 1.165) is 55.0 Å². The molecule has 5 nitrogen and oxygen atoms in total. The highest BCUT2D eigenvalue weighted by Crippen LogP contribution is 2.24. The van der Waals surface area contributed by atoms with Gasteiger partial charge in [0, 0.05) is 42.3 Å². The zero-order valence-electron chi connectivity index (χ0n) is 17.4. The molecule has 154 valence electrons. The molecule has 4 rings (SSSR count). The zero-order chi connectivity index (χ0) is 20.8. The number of rotatable bonds is 6. The number of quaternary nitrogens is 1. The lowest BCUT2D eigenvalue weighted by atomic mass is 10.0. The number of nitrogens with zero attached hydrogens (tertiary/aromatic N) is 2. The first-order valence-electron chi connectivity index (χ1n) is 10.8. The Morgan fingerprint density at radius 3 is 2.43 bits per heavy atom. The Labute approximate surface area is 178 Å². The van der Waals surface area contributed by atoms with Crippen LogP contribution in [0.1, 0.15) is 25.3 Å². The number of para-hydroxylation sites is 1. The molecule has 0 unspecified atom stereocenters. The second kappa shape index (κ2) is 9.55. The van der Waals surface area contributed by atoms with Gasteiger partial charge in [-0.1, -0.05) is 48.5 Å². The average molecular weight is 402 g/mol. The smallest absolute Gasteiger partial charge is 0.244 e. The van der Waals surface area contributed by atoms with Crippen LogP contribution < -0.4 is 10.2 Å². The molecule has 1 saturated heterocycles. The fourth-order valence-corrected chi connectivity index (χ4v) is 3.98. The van der Waals surface area contributed by atoms with Crippen LogP contribution in [0.15, 0.2) is 72.9 Å². The third kappa shape index (κ3) is 4.86. The molecule has 5 heteroatoms. The average Bonchev–Trinajstić information content (AvgIpc) is 3.24. The monoisotopic (exact) mass is 401 g/mol. The van der Waals surface area contributed by atoms with Crippen LogP contribution in [0.3, 0.4) is 0 Å². The first kappa shape index (κ1) is 20.1. The van der Waals surface area contributed by atoms with Gasteiger partial charge in [-0.05, 0) is 25.1 Å². The largest absolute Gasteiger partial charge is 0.349 e. The van der Waals surface area contributed by atoms with E-state index < -0.39 is 0 Å². The summed E-state index contributed by atoms with van der Waals surface area (Å²) in [5, 5.41) is 7.96. The molecular formula is C25H29N4O+. The molecule has 0 spiro atoms. The zero-order valence-corrected chi connectivity index (χ0v) is 17.4. The summed E-state index contributed by atoms with van der Waals surface area (Å²) in [6.07, 6.45) is 7.58. The van der Waals surface area contributed by atoms with Gasteiger partial charge >= 0.3 is 0 Å². The van der Waals surface area contributed by atoms with E-state index in [0.29, 0.717) is 0 Å². The maximum atomic E-state index is 12.5. The minimum Gasteiger partial charge on any atom is -0.349 e. The highest BCUT2D eigenvalue weighted by Gasteiger charge is 2.21. The topological polar surface area (TPSA) is 51.4 Å². The summed E-state index contributed by atoms with van der Waals surface area (Å²) in [4.78, 5) is 14.2. The number of carbonyl (C=O) groups excluding carboxylic acids is 1. The lowest BCUT2D eigenvalue weighted by molar-refractivity contribution is -0.903. The Morgan fingerprint density at radius 1 is 1.10 bits per heavy atom. The fraction of sp³-hybridized carbons (Fsp3) is 0.280. The van der Waals surface area contributed by atoms with E-state index in [2.05, 4.69) is 12.2 Å². The van der Waals surface area contributed by atoms with Crippen molar-refractivity contribution in [2.24, 2.45) is 0 Å². The summed E-state index contributed by atoms with van der Waals surface area (Å²) in [6, 6.07) is 20.4. The maximum absolute atomic E-state index is 12.5. The van der Waals surface area contributed by atoms with Crippen molar-refractivity contribution in [2.45, 2.75) is 25.8 Å². The van der Waals surface area contributed by atoms with Crippen LogP contribution in [0.5, 0.6) is 0 Å². The molecule has 0 bridgehead atoms. The Balaban J connectivity index is 1.52. The van der Waals surface area contributed by atoms with Gasteiger partial charge in [0.05, 0.1) is 31.0 Å². The Kier molecular flexibility index (Phi) is 6.40. The SMILES string of the molecule is CC[NH+]1CCC(NC(=O)/C=C/c2cn(-c3ccccc3)nc2-c2ccccc2)CC1. The number of carbonyl (C=O) groups is 1. The number of aromatic nitrogens is 2. The van der Waals surface area contributed by atoms with Crippen molar-refractivity contribution >= 4 is 12.0 Å². The lowest BCUT2D eigenvalue weighted by Gasteiger charge is -2.28. The maximum Gasteiger partial charge on any atom is 0.244 e. The molecule has 0 radical (unpaired) electrons. The second-order valence-corrected chi connectivity index (χ2v) is 7.80.